The van der Waals surface area contributed by atoms with Crippen molar-refractivity contribution in [3.05, 3.63) is 77.6 Å². The minimum absolute atomic E-state index is 0.0241. The zero-order valence-corrected chi connectivity index (χ0v) is 29.2. The number of carbonyl (C=O) groups is 2. The van der Waals surface area contributed by atoms with Crippen molar-refractivity contribution in [1.29, 1.82) is 0 Å². The molecule has 0 spiro atoms. The van der Waals surface area contributed by atoms with Crippen molar-refractivity contribution < 1.29 is 19.1 Å². The number of nitrogens with zero attached hydrogens (tertiary/aromatic N) is 2. The van der Waals surface area contributed by atoms with E-state index in [1.54, 1.807) is 24.5 Å². The van der Waals surface area contributed by atoms with Gasteiger partial charge >= 0.3 is 12.2 Å². The maximum atomic E-state index is 13.1. The Bertz CT molecular complexity index is 1320. The number of ether oxygens (including phenoxy) is 2. The lowest BCUT2D eigenvalue weighted by Gasteiger charge is -2.40. The van der Waals surface area contributed by atoms with Gasteiger partial charge in [-0.05, 0) is 114 Å². The predicted molar refractivity (Wildman–Crippen MR) is 188 cm³/mol. The number of likely N-dealkylation sites (tertiary alicyclic amines) is 1. The van der Waals surface area contributed by atoms with Gasteiger partial charge in [-0.2, -0.15) is 0 Å². The molecule has 0 radical (unpaired) electrons. The van der Waals surface area contributed by atoms with Crippen LogP contribution in [0.1, 0.15) is 84.3 Å². The fraction of sp³-hybridized carbons (Fsp3) is 0.528. The highest BCUT2D eigenvalue weighted by Crippen LogP contribution is 2.42. The number of rotatable bonds is 13. The number of nitrogens with one attached hydrogen (secondary N) is 3. The van der Waals surface area contributed by atoms with Crippen molar-refractivity contribution in [2.75, 3.05) is 20.1 Å². The van der Waals surface area contributed by atoms with Crippen LogP contribution in [0.4, 0.5) is 9.59 Å². The molecule has 3 unspecified atom stereocenters. The molecule has 3 rings (SSSR count). The highest BCUT2D eigenvalue weighted by molar-refractivity contribution is 6.30. The van der Waals surface area contributed by atoms with E-state index in [0.29, 0.717) is 18.1 Å². The highest BCUT2D eigenvalue weighted by atomic mass is 35.5. The third-order valence-electron chi connectivity index (χ3n) is 8.28. The molecule has 2 aliphatic rings. The Labute approximate surface area is 280 Å². The summed E-state index contributed by atoms with van der Waals surface area (Å²) in [6.45, 7) is 16.9. The SMILES string of the molecule is C=CC(N/C=C\C)C(c1ccc(Cl)cc1/C(=C\C)C(/C=C/NC=NC)NC(=O)OC1(C)CC1)C1CCN(C(=O)OC(C)(C)C)CC1. The van der Waals surface area contributed by atoms with Crippen molar-refractivity contribution >= 4 is 35.7 Å². The maximum Gasteiger partial charge on any atom is 0.410 e. The summed E-state index contributed by atoms with van der Waals surface area (Å²) in [6.07, 6.45) is 15.5. The van der Waals surface area contributed by atoms with Gasteiger partial charge < -0.3 is 30.3 Å². The van der Waals surface area contributed by atoms with Gasteiger partial charge in [0.2, 0.25) is 0 Å². The molecule has 1 saturated heterocycles. The molecule has 1 aliphatic carbocycles. The Hall–Kier alpha value is -3.72. The van der Waals surface area contributed by atoms with Gasteiger partial charge in [-0.15, -0.1) is 6.58 Å². The van der Waals surface area contributed by atoms with Gasteiger partial charge in [-0.25, -0.2) is 9.59 Å². The standard InChI is InChI=1S/C36H52ClN5O4/c1-9-19-40-30(11-3)32(25-15-21-42(22-16-25)34(44)46-35(4,5)6)28-13-12-26(37)23-29(28)27(10-2)31(14-20-39-24-38-8)41-33(43)45-36(7)17-18-36/h9-14,19-20,23-25,30-32,40H,3,15-18,21-22H2,1-2,4-8H3,(H,38,39)(H,41,43)/b19-9-,20-14+,27-10+. The molecule has 2 amide bonds. The summed E-state index contributed by atoms with van der Waals surface area (Å²) in [6, 6.07) is 5.30. The lowest BCUT2D eigenvalue weighted by molar-refractivity contribution is 0.0171. The molecule has 1 heterocycles. The lowest BCUT2D eigenvalue weighted by Crippen LogP contribution is -2.45. The molecule has 1 saturated carbocycles. The monoisotopic (exact) mass is 653 g/mol. The van der Waals surface area contributed by atoms with E-state index in [2.05, 4.69) is 33.6 Å². The number of hydrogen-bond donors (Lipinski definition) is 3. The minimum atomic E-state index is -0.553. The zero-order valence-electron chi connectivity index (χ0n) is 28.4. The van der Waals surface area contributed by atoms with Crippen LogP contribution in [0.3, 0.4) is 0 Å². The largest absolute Gasteiger partial charge is 0.444 e. The summed E-state index contributed by atoms with van der Waals surface area (Å²) in [5.41, 5.74) is 1.88. The van der Waals surface area contributed by atoms with Gasteiger partial charge in [0, 0.05) is 37.3 Å². The van der Waals surface area contributed by atoms with E-state index in [0.717, 1.165) is 42.4 Å². The summed E-state index contributed by atoms with van der Waals surface area (Å²) >= 11 is 6.67. The van der Waals surface area contributed by atoms with Crippen LogP contribution in [0.25, 0.3) is 5.57 Å². The minimum Gasteiger partial charge on any atom is -0.444 e. The Balaban J connectivity index is 2.03. The number of hydrogen-bond acceptors (Lipinski definition) is 6. The van der Waals surface area contributed by atoms with Gasteiger partial charge in [0.25, 0.3) is 0 Å². The second-order valence-electron chi connectivity index (χ2n) is 13.1. The van der Waals surface area contributed by atoms with Crippen LogP contribution in [-0.4, -0.2) is 66.8 Å². The Kier molecular flexibility index (Phi) is 13.4. The summed E-state index contributed by atoms with van der Waals surface area (Å²) in [5.74, 6) is 0.186. The molecule has 252 valence electrons. The average molecular weight is 654 g/mol. The second kappa shape index (κ2) is 16.7. The first-order chi connectivity index (χ1) is 21.8. The third kappa shape index (κ3) is 10.7. The van der Waals surface area contributed by atoms with Crippen molar-refractivity contribution in [2.24, 2.45) is 10.9 Å². The molecule has 0 bridgehead atoms. The van der Waals surface area contributed by atoms with Gasteiger partial charge in [0.15, 0.2) is 0 Å². The van der Waals surface area contributed by atoms with E-state index < -0.39 is 23.3 Å². The van der Waals surface area contributed by atoms with Gasteiger partial charge in [-0.3, -0.25) is 4.99 Å². The molecular weight excluding hydrogens is 602 g/mol. The van der Waals surface area contributed by atoms with Crippen molar-refractivity contribution in [3.63, 3.8) is 0 Å². The van der Waals surface area contributed by atoms with Crippen LogP contribution >= 0.6 is 11.6 Å². The molecule has 10 heteroatoms. The first-order valence-corrected chi connectivity index (χ1v) is 16.5. The Morgan fingerprint density at radius 1 is 1.17 bits per heavy atom. The summed E-state index contributed by atoms with van der Waals surface area (Å²) in [4.78, 5) is 31.7. The fourth-order valence-corrected chi connectivity index (χ4v) is 5.93. The van der Waals surface area contributed by atoms with Crippen LogP contribution in [0.2, 0.25) is 5.02 Å². The smallest absolute Gasteiger partial charge is 0.410 e. The van der Waals surface area contributed by atoms with Gasteiger partial charge in [0.1, 0.15) is 11.2 Å². The Morgan fingerprint density at radius 2 is 1.87 bits per heavy atom. The molecule has 1 aromatic carbocycles. The molecule has 2 fully saturated rings. The molecule has 9 nitrogen and oxygen atoms in total. The van der Waals surface area contributed by atoms with E-state index in [1.807, 2.05) is 84.2 Å². The highest BCUT2D eigenvalue weighted by Gasteiger charge is 2.42. The van der Waals surface area contributed by atoms with Gasteiger partial charge in [0.05, 0.1) is 18.4 Å². The first-order valence-electron chi connectivity index (χ1n) is 16.1. The van der Waals surface area contributed by atoms with E-state index in [1.165, 1.54) is 0 Å². The predicted octanol–water partition coefficient (Wildman–Crippen LogP) is 7.56. The van der Waals surface area contributed by atoms with Crippen molar-refractivity contribution in [1.82, 2.24) is 20.9 Å². The van der Waals surface area contributed by atoms with Crippen LogP contribution in [0.15, 0.2) is 66.5 Å². The number of halogens is 1. The van der Waals surface area contributed by atoms with Crippen LogP contribution in [-0.2, 0) is 9.47 Å². The van der Waals surface area contributed by atoms with E-state index in [9.17, 15) is 9.59 Å². The third-order valence-corrected chi connectivity index (χ3v) is 8.52. The summed E-state index contributed by atoms with van der Waals surface area (Å²) in [5, 5.41) is 10.2. The second-order valence-corrected chi connectivity index (χ2v) is 13.5. The first kappa shape index (κ1) is 36.7. The molecular formula is C36H52ClN5O4. The van der Waals surface area contributed by atoms with Crippen LogP contribution in [0.5, 0.6) is 0 Å². The number of benzene rings is 1. The maximum absolute atomic E-state index is 13.1. The van der Waals surface area contributed by atoms with Crippen LogP contribution < -0.4 is 16.0 Å². The fourth-order valence-electron chi connectivity index (χ4n) is 5.76. The summed E-state index contributed by atoms with van der Waals surface area (Å²) in [7, 11) is 1.68. The lowest BCUT2D eigenvalue weighted by atomic mass is 9.73. The number of piperidine rings is 1. The number of aliphatic imine (C=N–C) groups is 1. The quantitative estimate of drug-likeness (QED) is 0.115. The normalized spacial score (nSPS) is 19.1. The van der Waals surface area contributed by atoms with Crippen LogP contribution in [0, 0.1) is 5.92 Å². The molecule has 1 aliphatic heterocycles. The molecule has 46 heavy (non-hydrogen) atoms. The molecule has 3 atom stereocenters. The van der Waals surface area contributed by atoms with Crippen molar-refractivity contribution in [3.8, 4) is 0 Å². The number of allylic oxidation sites excluding steroid dienone is 2. The number of amides is 2. The number of alkyl carbamates (subject to hydrolysis) is 1. The number of carbonyl (C=O) groups excluding carboxylic acids is 2. The molecule has 0 aromatic heterocycles. The van der Waals surface area contributed by atoms with Crippen molar-refractivity contribution in [2.45, 2.75) is 96.4 Å². The Morgan fingerprint density at radius 3 is 2.43 bits per heavy atom. The molecule has 3 N–H and O–H groups in total. The van der Waals surface area contributed by atoms with Gasteiger partial charge in [-0.1, -0.05) is 35.9 Å². The topological polar surface area (TPSA) is 104 Å². The summed E-state index contributed by atoms with van der Waals surface area (Å²) < 4.78 is 11.4. The van der Waals surface area contributed by atoms with E-state index in [-0.39, 0.29) is 24.0 Å². The average Bonchev–Trinajstić information content (AvgIpc) is 3.73. The molecule has 1 aromatic rings. The zero-order chi connectivity index (χ0) is 33.9. The van der Waals surface area contributed by atoms with E-state index >= 15 is 0 Å². The van der Waals surface area contributed by atoms with E-state index in [4.69, 9.17) is 21.1 Å².